The molecule has 2 nitrogen and oxygen atoms in total. The fourth-order valence-corrected chi connectivity index (χ4v) is 1.72. The maximum Gasteiger partial charge on any atom is 0.143 e. The molecule has 0 atom stereocenters. The maximum atomic E-state index is 5.60. The van der Waals surface area contributed by atoms with Crippen LogP contribution in [-0.2, 0) is 0 Å². The molecule has 0 N–H and O–H groups in total. The average Bonchev–Trinajstić information content (AvgIpc) is 2.16. The van der Waals surface area contributed by atoms with Crippen molar-refractivity contribution < 1.29 is 4.74 Å². The minimum atomic E-state index is 0.739. The Hall–Kier alpha value is -1.44. The Morgan fingerprint density at radius 2 is 2.29 bits per heavy atom. The molecule has 1 aromatic rings. The molecule has 1 aliphatic heterocycles. The van der Waals surface area contributed by atoms with Crippen LogP contribution in [0.4, 0.5) is 5.69 Å². The quantitative estimate of drug-likeness (QED) is 0.673. The summed E-state index contributed by atoms with van der Waals surface area (Å²) in [6.07, 6.45) is 0. The highest BCUT2D eigenvalue weighted by atomic mass is 16.5. The number of ether oxygens (including phenoxy) is 1. The zero-order valence-corrected chi connectivity index (χ0v) is 8.71. The van der Waals surface area contributed by atoms with Gasteiger partial charge in [0.1, 0.15) is 12.4 Å². The Morgan fingerprint density at radius 3 is 3.00 bits per heavy atom. The number of nitrogens with zero attached hydrogens (tertiary/aromatic N) is 1. The van der Waals surface area contributed by atoms with E-state index < -0.39 is 0 Å². The van der Waals surface area contributed by atoms with Crippen LogP contribution >= 0.6 is 0 Å². The summed E-state index contributed by atoms with van der Waals surface area (Å²) in [5, 5.41) is 0. The van der Waals surface area contributed by atoms with Crippen molar-refractivity contribution >= 4 is 5.69 Å². The summed E-state index contributed by atoms with van der Waals surface area (Å²) >= 11 is 0. The van der Waals surface area contributed by atoms with Gasteiger partial charge in [0.2, 0.25) is 0 Å². The Bertz CT molecular complexity index is 371. The van der Waals surface area contributed by atoms with Gasteiger partial charge < -0.3 is 9.64 Å². The lowest BCUT2D eigenvalue weighted by molar-refractivity contribution is 0.312. The smallest absolute Gasteiger partial charge is 0.143 e. The van der Waals surface area contributed by atoms with Crippen LogP contribution in [0.3, 0.4) is 0 Å². The fourth-order valence-electron chi connectivity index (χ4n) is 1.72. The van der Waals surface area contributed by atoms with Crippen molar-refractivity contribution in [2.45, 2.75) is 13.8 Å². The molecular weight excluding hydrogens is 174 g/mol. The van der Waals surface area contributed by atoms with Gasteiger partial charge in [-0.2, -0.15) is 0 Å². The van der Waals surface area contributed by atoms with E-state index in [2.05, 4.69) is 36.6 Å². The third-order valence-electron chi connectivity index (χ3n) is 2.44. The minimum Gasteiger partial charge on any atom is -0.490 e. The summed E-state index contributed by atoms with van der Waals surface area (Å²) in [7, 11) is 0. The van der Waals surface area contributed by atoms with E-state index in [1.54, 1.807) is 0 Å². The van der Waals surface area contributed by atoms with Gasteiger partial charge in [-0.15, -0.1) is 0 Å². The summed E-state index contributed by atoms with van der Waals surface area (Å²) in [6.45, 7) is 9.70. The Balaban J connectivity index is 2.44. The molecule has 1 aliphatic rings. The summed E-state index contributed by atoms with van der Waals surface area (Å²) in [4.78, 5) is 2.19. The van der Waals surface area contributed by atoms with Crippen LogP contribution < -0.4 is 9.64 Å². The molecule has 0 fully saturated rings. The molecule has 2 rings (SSSR count). The predicted octanol–water partition coefficient (Wildman–Crippen LogP) is 2.73. The third-order valence-corrected chi connectivity index (χ3v) is 2.44. The first-order valence-electron chi connectivity index (χ1n) is 4.85. The Labute approximate surface area is 84.8 Å². The standard InChI is InChI=1S/C12H15NO/c1-9(2)13-6-7-14-12-8-10(3)4-5-11(12)13/h4-5,8H,1,6-7H2,2-3H3. The number of rotatable bonds is 1. The molecule has 0 amide bonds. The maximum absolute atomic E-state index is 5.60. The molecule has 0 saturated heterocycles. The van der Waals surface area contributed by atoms with Crippen molar-refractivity contribution in [2.75, 3.05) is 18.1 Å². The second-order valence-electron chi connectivity index (χ2n) is 3.71. The molecular formula is C12H15NO. The van der Waals surface area contributed by atoms with Crippen molar-refractivity contribution in [2.24, 2.45) is 0 Å². The lowest BCUT2D eigenvalue weighted by atomic mass is 10.1. The van der Waals surface area contributed by atoms with E-state index in [4.69, 9.17) is 4.74 Å². The molecule has 2 heteroatoms. The molecule has 0 aromatic heterocycles. The van der Waals surface area contributed by atoms with Gasteiger partial charge in [0, 0.05) is 5.70 Å². The highest BCUT2D eigenvalue weighted by Gasteiger charge is 2.17. The Kier molecular flexibility index (Phi) is 2.20. The zero-order chi connectivity index (χ0) is 10.1. The van der Waals surface area contributed by atoms with Gasteiger partial charge in [0.25, 0.3) is 0 Å². The number of hydrogen-bond acceptors (Lipinski definition) is 2. The van der Waals surface area contributed by atoms with Gasteiger partial charge in [-0.3, -0.25) is 0 Å². The van der Waals surface area contributed by atoms with Gasteiger partial charge >= 0.3 is 0 Å². The number of anilines is 1. The lowest BCUT2D eigenvalue weighted by Crippen LogP contribution is -2.30. The van der Waals surface area contributed by atoms with E-state index in [1.165, 1.54) is 5.56 Å². The van der Waals surface area contributed by atoms with Crippen molar-refractivity contribution in [1.29, 1.82) is 0 Å². The largest absolute Gasteiger partial charge is 0.490 e. The average molecular weight is 189 g/mol. The zero-order valence-electron chi connectivity index (χ0n) is 8.71. The predicted molar refractivity (Wildman–Crippen MR) is 58.8 cm³/mol. The fraction of sp³-hybridized carbons (Fsp3) is 0.333. The van der Waals surface area contributed by atoms with Crippen molar-refractivity contribution in [3.05, 3.63) is 36.0 Å². The van der Waals surface area contributed by atoms with Crippen LogP contribution in [0.2, 0.25) is 0 Å². The lowest BCUT2D eigenvalue weighted by Gasteiger charge is -2.31. The van der Waals surface area contributed by atoms with Gasteiger partial charge in [-0.1, -0.05) is 12.6 Å². The molecule has 0 radical (unpaired) electrons. The monoisotopic (exact) mass is 189 g/mol. The number of aryl methyl sites for hydroxylation is 1. The van der Waals surface area contributed by atoms with E-state index in [0.717, 1.165) is 30.3 Å². The van der Waals surface area contributed by atoms with Gasteiger partial charge in [0.15, 0.2) is 0 Å². The van der Waals surface area contributed by atoms with Gasteiger partial charge in [-0.05, 0) is 31.5 Å². The Morgan fingerprint density at radius 1 is 1.50 bits per heavy atom. The van der Waals surface area contributed by atoms with E-state index in [9.17, 15) is 0 Å². The van der Waals surface area contributed by atoms with E-state index in [1.807, 2.05) is 6.92 Å². The first kappa shape index (κ1) is 9.13. The SMILES string of the molecule is C=C(C)N1CCOc2cc(C)ccc21. The summed E-state index contributed by atoms with van der Waals surface area (Å²) in [6, 6.07) is 6.27. The van der Waals surface area contributed by atoms with E-state index in [0.29, 0.717) is 0 Å². The second kappa shape index (κ2) is 3.37. The van der Waals surface area contributed by atoms with Crippen LogP contribution in [-0.4, -0.2) is 13.2 Å². The molecule has 0 unspecified atom stereocenters. The summed E-state index contributed by atoms with van der Waals surface area (Å²) in [5.74, 6) is 0.972. The number of allylic oxidation sites excluding steroid dienone is 1. The highest BCUT2D eigenvalue weighted by molar-refractivity contribution is 5.63. The molecule has 74 valence electrons. The van der Waals surface area contributed by atoms with Gasteiger partial charge in [0.05, 0.1) is 12.2 Å². The first-order chi connectivity index (χ1) is 6.68. The second-order valence-corrected chi connectivity index (χ2v) is 3.71. The highest BCUT2D eigenvalue weighted by Crippen LogP contribution is 2.33. The third kappa shape index (κ3) is 1.48. The molecule has 1 aromatic carbocycles. The molecule has 14 heavy (non-hydrogen) atoms. The topological polar surface area (TPSA) is 12.5 Å². The normalized spacial score (nSPS) is 14.6. The molecule has 0 bridgehead atoms. The van der Waals surface area contributed by atoms with Crippen molar-refractivity contribution in [3.8, 4) is 5.75 Å². The van der Waals surface area contributed by atoms with Crippen molar-refractivity contribution in [3.63, 3.8) is 0 Å². The van der Waals surface area contributed by atoms with Crippen LogP contribution in [0.1, 0.15) is 12.5 Å². The van der Waals surface area contributed by atoms with Crippen molar-refractivity contribution in [1.82, 2.24) is 0 Å². The van der Waals surface area contributed by atoms with Crippen LogP contribution in [0.5, 0.6) is 5.75 Å². The molecule has 0 aliphatic carbocycles. The van der Waals surface area contributed by atoms with Crippen LogP contribution in [0.15, 0.2) is 30.5 Å². The molecule has 0 saturated carbocycles. The molecule has 0 spiro atoms. The van der Waals surface area contributed by atoms with Gasteiger partial charge in [-0.25, -0.2) is 0 Å². The van der Waals surface area contributed by atoms with Crippen LogP contribution in [0.25, 0.3) is 0 Å². The summed E-state index contributed by atoms with van der Waals surface area (Å²) < 4.78 is 5.60. The summed E-state index contributed by atoms with van der Waals surface area (Å²) in [5.41, 5.74) is 3.43. The minimum absolute atomic E-state index is 0.739. The van der Waals surface area contributed by atoms with E-state index >= 15 is 0 Å². The molecule has 1 heterocycles. The number of hydrogen-bond donors (Lipinski definition) is 0. The van der Waals surface area contributed by atoms with Crippen LogP contribution in [0, 0.1) is 6.92 Å². The first-order valence-corrected chi connectivity index (χ1v) is 4.85. The number of benzene rings is 1. The number of fused-ring (bicyclic) bond motifs is 1. The van der Waals surface area contributed by atoms with E-state index in [-0.39, 0.29) is 0 Å².